The van der Waals surface area contributed by atoms with E-state index < -0.39 is 5.97 Å². The molecule has 0 bridgehead atoms. The number of esters is 1. The minimum absolute atomic E-state index is 0.284. The van der Waals surface area contributed by atoms with Gasteiger partial charge in [0.25, 0.3) is 5.91 Å². The quantitative estimate of drug-likeness (QED) is 0.397. The molecule has 0 aliphatic heterocycles. The number of amides is 1. The fraction of sp³-hybridized carbons (Fsp3) is 0.167. The lowest BCUT2D eigenvalue weighted by Gasteiger charge is -2.08. The third-order valence-electron chi connectivity index (χ3n) is 3.21. The molecule has 0 fully saturated rings. The summed E-state index contributed by atoms with van der Waals surface area (Å²) in [6.07, 6.45) is 1.48. The van der Waals surface area contributed by atoms with Crippen LogP contribution in [-0.4, -0.2) is 25.2 Å². The molecule has 1 amide bonds. The minimum Gasteiger partial charge on any atom is -0.493 e. The first-order valence-corrected chi connectivity index (χ1v) is 7.26. The second kappa shape index (κ2) is 7.92. The maximum Gasteiger partial charge on any atom is 0.308 e. The molecule has 0 aromatic heterocycles. The van der Waals surface area contributed by atoms with Gasteiger partial charge >= 0.3 is 5.97 Å². The summed E-state index contributed by atoms with van der Waals surface area (Å²) >= 11 is 0. The zero-order chi connectivity index (χ0) is 17.5. The highest BCUT2D eigenvalue weighted by atomic mass is 16.6. The largest absolute Gasteiger partial charge is 0.493 e. The van der Waals surface area contributed by atoms with Crippen molar-refractivity contribution in [1.29, 1.82) is 0 Å². The predicted octanol–water partition coefficient (Wildman–Crippen LogP) is 2.69. The van der Waals surface area contributed by atoms with E-state index in [4.69, 9.17) is 9.47 Å². The molecule has 0 heterocycles. The van der Waals surface area contributed by atoms with Crippen molar-refractivity contribution in [3.05, 3.63) is 59.2 Å². The molecule has 124 valence electrons. The van der Waals surface area contributed by atoms with Crippen LogP contribution in [0.1, 0.15) is 28.4 Å². The number of hydrogen-bond acceptors (Lipinski definition) is 5. The van der Waals surface area contributed by atoms with Gasteiger partial charge in [-0.05, 0) is 42.3 Å². The molecule has 6 nitrogen and oxygen atoms in total. The molecular weight excluding hydrogens is 308 g/mol. The Kier molecular flexibility index (Phi) is 5.68. The highest BCUT2D eigenvalue weighted by Gasteiger charge is 2.08. The van der Waals surface area contributed by atoms with Crippen molar-refractivity contribution in [2.24, 2.45) is 5.10 Å². The molecule has 0 spiro atoms. The van der Waals surface area contributed by atoms with E-state index >= 15 is 0 Å². The second-order valence-corrected chi connectivity index (χ2v) is 5.02. The zero-order valence-corrected chi connectivity index (χ0v) is 13.7. The van der Waals surface area contributed by atoms with Crippen LogP contribution in [0.5, 0.6) is 11.5 Å². The molecule has 0 saturated heterocycles. The van der Waals surface area contributed by atoms with Crippen LogP contribution in [0.25, 0.3) is 0 Å². The molecule has 2 rings (SSSR count). The second-order valence-electron chi connectivity index (χ2n) is 5.02. The van der Waals surface area contributed by atoms with Crippen molar-refractivity contribution in [2.45, 2.75) is 13.8 Å². The Hall–Kier alpha value is -3.15. The number of benzene rings is 2. The van der Waals surface area contributed by atoms with Crippen LogP contribution in [0, 0.1) is 6.92 Å². The first-order chi connectivity index (χ1) is 11.5. The van der Waals surface area contributed by atoms with E-state index in [-0.39, 0.29) is 5.91 Å². The molecule has 0 aliphatic carbocycles. The zero-order valence-electron chi connectivity index (χ0n) is 13.7. The fourth-order valence-electron chi connectivity index (χ4n) is 2.06. The highest BCUT2D eigenvalue weighted by Crippen LogP contribution is 2.27. The smallest absolute Gasteiger partial charge is 0.308 e. The molecule has 2 aromatic rings. The van der Waals surface area contributed by atoms with Crippen LogP contribution in [0.4, 0.5) is 0 Å². The minimum atomic E-state index is -0.430. The molecule has 1 N–H and O–H groups in total. The molecule has 0 aliphatic rings. The molecule has 0 atom stereocenters. The van der Waals surface area contributed by atoms with E-state index in [1.807, 2.05) is 19.1 Å². The summed E-state index contributed by atoms with van der Waals surface area (Å²) in [6.45, 7) is 3.17. The normalized spacial score (nSPS) is 10.5. The molecule has 0 unspecified atom stereocenters. The Morgan fingerprint density at radius 2 is 1.88 bits per heavy atom. The van der Waals surface area contributed by atoms with Gasteiger partial charge in [-0.1, -0.05) is 18.2 Å². The first kappa shape index (κ1) is 17.2. The van der Waals surface area contributed by atoms with Gasteiger partial charge in [-0.25, -0.2) is 5.43 Å². The number of carbonyl (C=O) groups is 2. The SMILES string of the molecule is COc1cc(/C=N/NC(=O)c2ccccc2C)ccc1OC(C)=O. The Morgan fingerprint density at radius 3 is 2.54 bits per heavy atom. The fourth-order valence-corrected chi connectivity index (χ4v) is 2.06. The van der Waals surface area contributed by atoms with E-state index in [1.54, 1.807) is 30.3 Å². The molecule has 6 heteroatoms. The summed E-state index contributed by atoms with van der Waals surface area (Å²) in [5.41, 5.74) is 4.60. The summed E-state index contributed by atoms with van der Waals surface area (Å²) in [7, 11) is 1.48. The molecular formula is C18H18N2O4. The van der Waals surface area contributed by atoms with Crippen molar-refractivity contribution in [1.82, 2.24) is 5.43 Å². The molecule has 0 saturated carbocycles. The number of methoxy groups -OCH3 is 1. The number of nitrogens with one attached hydrogen (secondary N) is 1. The average molecular weight is 326 g/mol. The lowest BCUT2D eigenvalue weighted by atomic mass is 10.1. The summed E-state index contributed by atoms with van der Waals surface area (Å²) in [6, 6.07) is 12.2. The lowest BCUT2D eigenvalue weighted by Crippen LogP contribution is -2.18. The number of aryl methyl sites for hydroxylation is 1. The van der Waals surface area contributed by atoms with Crippen LogP contribution < -0.4 is 14.9 Å². The van der Waals surface area contributed by atoms with Crippen molar-refractivity contribution < 1.29 is 19.1 Å². The Bertz CT molecular complexity index is 784. The molecule has 0 radical (unpaired) electrons. The van der Waals surface area contributed by atoms with Crippen LogP contribution in [0.15, 0.2) is 47.6 Å². The Balaban J connectivity index is 2.08. The van der Waals surface area contributed by atoms with Gasteiger partial charge in [-0.3, -0.25) is 9.59 Å². The number of nitrogens with zero attached hydrogens (tertiary/aromatic N) is 1. The van der Waals surface area contributed by atoms with Gasteiger partial charge in [0.05, 0.1) is 13.3 Å². The van der Waals surface area contributed by atoms with Crippen LogP contribution in [0.2, 0.25) is 0 Å². The topological polar surface area (TPSA) is 77.0 Å². The number of carbonyl (C=O) groups excluding carboxylic acids is 2. The summed E-state index contributed by atoms with van der Waals surface area (Å²) in [4.78, 5) is 23.1. The maximum atomic E-state index is 12.0. The monoisotopic (exact) mass is 326 g/mol. The number of hydrazone groups is 1. The summed E-state index contributed by atoms with van der Waals surface area (Å²) < 4.78 is 10.2. The summed E-state index contributed by atoms with van der Waals surface area (Å²) in [5, 5.41) is 3.94. The van der Waals surface area contributed by atoms with Gasteiger partial charge < -0.3 is 9.47 Å². The van der Waals surface area contributed by atoms with Crippen molar-refractivity contribution in [2.75, 3.05) is 7.11 Å². The van der Waals surface area contributed by atoms with E-state index in [9.17, 15) is 9.59 Å². The van der Waals surface area contributed by atoms with E-state index in [0.29, 0.717) is 22.6 Å². The van der Waals surface area contributed by atoms with E-state index in [2.05, 4.69) is 10.5 Å². The van der Waals surface area contributed by atoms with Crippen molar-refractivity contribution >= 4 is 18.1 Å². The third kappa shape index (κ3) is 4.42. The Labute approximate surface area is 140 Å². The van der Waals surface area contributed by atoms with Crippen LogP contribution in [-0.2, 0) is 4.79 Å². The van der Waals surface area contributed by atoms with Gasteiger partial charge in [0.15, 0.2) is 11.5 Å². The van der Waals surface area contributed by atoms with Crippen LogP contribution >= 0.6 is 0 Å². The van der Waals surface area contributed by atoms with Crippen molar-refractivity contribution in [3.8, 4) is 11.5 Å². The molecule has 2 aromatic carbocycles. The lowest BCUT2D eigenvalue weighted by molar-refractivity contribution is -0.132. The van der Waals surface area contributed by atoms with E-state index in [1.165, 1.54) is 20.2 Å². The maximum absolute atomic E-state index is 12.0. The number of hydrogen-bond donors (Lipinski definition) is 1. The predicted molar refractivity (Wildman–Crippen MR) is 90.5 cm³/mol. The van der Waals surface area contributed by atoms with Gasteiger partial charge in [-0.15, -0.1) is 0 Å². The van der Waals surface area contributed by atoms with Crippen LogP contribution in [0.3, 0.4) is 0 Å². The average Bonchev–Trinajstić information content (AvgIpc) is 2.56. The van der Waals surface area contributed by atoms with Gasteiger partial charge in [0.1, 0.15) is 0 Å². The van der Waals surface area contributed by atoms with Gasteiger partial charge in [-0.2, -0.15) is 5.10 Å². The number of ether oxygens (including phenoxy) is 2. The van der Waals surface area contributed by atoms with Gasteiger partial charge in [0, 0.05) is 12.5 Å². The third-order valence-corrected chi connectivity index (χ3v) is 3.21. The van der Waals surface area contributed by atoms with Crippen molar-refractivity contribution in [3.63, 3.8) is 0 Å². The Morgan fingerprint density at radius 1 is 1.12 bits per heavy atom. The molecule has 24 heavy (non-hydrogen) atoms. The highest BCUT2D eigenvalue weighted by molar-refractivity contribution is 5.96. The first-order valence-electron chi connectivity index (χ1n) is 7.26. The van der Waals surface area contributed by atoms with Gasteiger partial charge in [0.2, 0.25) is 0 Å². The summed E-state index contributed by atoms with van der Waals surface area (Å²) in [5.74, 6) is 0.0125. The number of rotatable bonds is 5. The van der Waals surface area contributed by atoms with E-state index in [0.717, 1.165) is 5.56 Å². The standard InChI is InChI=1S/C18H18N2O4/c1-12-6-4-5-7-15(12)18(22)20-19-11-14-8-9-16(24-13(2)21)17(10-14)23-3/h4-11H,1-3H3,(H,20,22)/b19-11+.